The highest BCUT2D eigenvalue weighted by atomic mass is 19.1. The minimum atomic E-state index is -0.809. The third kappa shape index (κ3) is 2.24. The highest BCUT2D eigenvalue weighted by molar-refractivity contribution is 6.12. The number of carbonyl (C=O) groups excluding carboxylic acids is 1. The molecule has 144 valence electrons. The van der Waals surface area contributed by atoms with Crippen molar-refractivity contribution in [3.05, 3.63) is 27.7 Å². The fourth-order valence-electron chi connectivity index (χ4n) is 4.03. The summed E-state index contributed by atoms with van der Waals surface area (Å²) in [6, 6.07) is -0.545. The van der Waals surface area contributed by atoms with E-state index in [0.717, 1.165) is 4.57 Å². The molecule has 7 nitrogen and oxygen atoms in total. The Bertz CT molecular complexity index is 1050. The molecule has 2 aliphatic heterocycles. The number of fused-ring (bicyclic) bond motifs is 2. The third-order valence-electron chi connectivity index (χ3n) is 5.87. The van der Waals surface area contributed by atoms with Gasteiger partial charge in [-0.15, -0.1) is 0 Å². The highest BCUT2D eigenvalue weighted by Crippen LogP contribution is 2.42. The molecule has 0 radical (unpaired) electrons. The zero-order valence-electron chi connectivity index (χ0n) is 15.9. The van der Waals surface area contributed by atoms with Crippen LogP contribution in [0.3, 0.4) is 0 Å². The summed E-state index contributed by atoms with van der Waals surface area (Å²) in [5, 5.41) is 0.160. The Hall–Kier alpha value is -2.55. The van der Waals surface area contributed by atoms with Gasteiger partial charge in [0.2, 0.25) is 0 Å². The number of benzene rings is 1. The quantitative estimate of drug-likeness (QED) is 0.686. The van der Waals surface area contributed by atoms with Gasteiger partial charge >= 0.3 is 5.69 Å². The summed E-state index contributed by atoms with van der Waals surface area (Å²) in [6.07, 6.45) is 0. The summed E-state index contributed by atoms with van der Waals surface area (Å²) in [7, 11) is 4.79. The Balaban J connectivity index is 2.18. The number of halogens is 2. The molecule has 2 atom stereocenters. The molecule has 27 heavy (non-hydrogen) atoms. The largest absolute Gasteiger partial charge is 0.349 e. The molecule has 0 spiro atoms. The molecule has 0 N–H and O–H groups in total. The number of nitrogens with zero attached hydrogens (tertiary/aromatic N) is 5. The molecule has 1 aromatic carbocycles. The van der Waals surface area contributed by atoms with Gasteiger partial charge in [-0.1, -0.05) is 0 Å². The monoisotopic (exact) mass is 377 g/mol. The third-order valence-corrected chi connectivity index (χ3v) is 5.87. The molecule has 1 saturated heterocycles. The molecule has 0 aliphatic carbocycles. The van der Waals surface area contributed by atoms with Gasteiger partial charge in [0.15, 0.2) is 11.6 Å². The number of piperazine rings is 1. The Morgan fingerprint density at radius 2 is 1.74 bits per heavy atom. The fourth-order valence-corrected chi connectivity index (χ4v) is 4.03. The topological polar surface area (TPSA) is 61.7 Å². The summed E-state index contributed by atoms with van der Waals surface area (Å²) >= 11 is 0. The molecule has 3 heterocycles. The summed E-state index contributed by atoms with van der Waals surface area (Å²) in [5.41, 5.74) is -0.937. The molecule has 0 saturated carbocycles. The van der Waals surface area contributed by atoms with Gasteiger partial charge in [0.1, 0.15) is 11.9 Å². The number of likely N-dealkylation sites (N-methyl/N-ethyl adjacent to an activating group) is 2. The summed E-state index contributed by atoms with van der Waals surface area (Å²) in [5.74, 6) is -1.76. The van der Waals surface area contributed by atoms with E-state index in [1.165, 1.54) is 25.9 Å². The van der Waals surface area contributed by atoms with Crippen molar-refractivity contribution in [2.45, 2.75) is 25.9 Å². The first-order valence-electron chi connectivity index (χ1n) is 8.77. The first-order valence-corrected chi connectivity index (χ1v) is 8.77. The maximum absolute atomic E-state index is 15.1. The summed E-state index contributed by atoms with van der Waals surface area (Å²) < 4.78 is 31.2. The van der Waals surface area contributed by atoms with Crippen LogP contribution in [0.15, 0.2) is 4.79 Å². The molecule has 2 unspecified atom stereocenters. The van der Waals surface area contributed by atoms with Gasteiger partial charge in [-0.25, -0.2) is 13.6 Å². The van der Waals surface area contributed by atoms with Crippen LogP contribution in [0.2, 0.25) is 0 Å². The lowest BCUT2D eigenvalue weighted by Crippen LogP contribution is -2.61. The highest BCUT2D eigenvalue weighted by Gasteiger charge is 2.42. The predicted molar refractivity (Wildman–Crippen MR) is 98.3 cm³/mol. The van der Waals surface area contributed by atoms with E-state index >= 15 is 4.39 Å². The van der Waals surface area contributed by atoms with Crippen molar-refractivity contribution in [2.24, 2.45) is 7.05 Å². The van der Waals surface area contributed by atoms with E-state index in [-0.39, 0.29) is 39.9 Å². The number of rotatable bonds is 0. The number of aryl methyl sites for hydroxylation is 1. The fraction of sp³-hybridized carbons (Fsp3) is 0.500. The number of anilines is 2. The second kappa shape index (κ2) is 5.72. The minimum Gasteiger partial charge on any atom is -0.341 e. The van der Waals surface area contributed by atoms with Crippen LogP contribution in [0.1, 0.15) is 12.5 Å². The predicted octanol–water partition coefficient (Wildman–Crippen LogP) is 1.01. The van der Waals surface area contributed by atoms with E-state index in [4.69, 9.17) is 0 Å². The zero-order valence-corrected chi connectivity index (χ0v) is 15.9. The maximum atomic E-state index is 15.1. The van der Waals surface area contributed by atoms with Crippen molar-refractivity contribution in [1.82, 2.24) is 14.5 Å². The maximum Gasteiger partial charge on any atom is 0.349 e. The Morgan fingerprint density at radius 3 is 2.41 bits per heavy atom. The molecule has 9 heteroatoms. The lowest BCUT2D eigenvalue weighted by Gasteiger charge is -2.43. The minimum absolute atomic E-state index is 0.0308. The van der Waals surface area contributed by atoms with Gasteiger partial charge in [0.05, 0.1) is 16.6 Å². The van der Waals surface area contributed by atoms with Crippen molar-refractivity contribution in [2.75, 3.05) is 37.0 Å². The van der Waals surface area contributed by atoms with E-state index in [1.807, 2.05) is 18.9 Å². The van der Waals surface area contributed by atoms with E-state index in [9.17, 15) is 14.0 Å². The second-order valence-electron chi connectivity index (χ2n) is 7.46. The van der Waals surface area contributed by atoms with E-state index in [0.29, 0.717) is 13.1 Å². The van der Waals surface area contributed by atoms with Crippen molar-refractivity contribution < 1.29 is 13.6 Å². The van der Waals surface area contributed by atoms with Gasteiger partial charge in [-0.3, -0.25) is 14.3 Å². The lowest BCUT2D eigenvalue weighted by atomic mass is 10.1. The van der Waals surface area contributed by atoms with Crippen LogP contribution in [0, 0.1) is 18.6 Å². The van der Waals surface area contributed by atoms with Gasteiger partial charge in [-0.2, -0.15) is 4.98 Å². The van der Waals surface area contributed by atoms with Crippen LogP contribution in [-0.2, 0) is 11.8 Å². The van der Waals surface area contributed by atoms with Crippen molar-refractivity contribution in [3.63, 3.8) is 0 Å². The molecular formula is C18H21F2N5O2. The van der Waals surface area contributed by atoms with Crippen LogP contribution in [0.25, 0.3) is 10.9 Å². The van der Waals surface area contributed by atoms with Crippen molar-refractivity contribution >= 4 is 28.3 Å². The van der Waals surface area contributed by atoms with Crippen LogP contribution < -0.4 is 15.5 Å². The molecule has 0 bridgehead atoms. The van der Waals surface area contributed by atoms with Crippen molar-refractivity contribution in [1.29, 1.82) is 0 Å². The molecule has 1 aromatic heterocycles. The number of aromatic nitrogens is 2. The van der Waals surface area contributed by atoms with E-state index < -0.39 is 23.4 Å². The molecule has 2 aromatic rings. The SMILES string of the molecule is Cc1c(F)c2c3c(nc(=O)n(C)c3c1F)N1CC(C)N(C)CC1C(=O)N2C. The molecule has 4 rings (SSSR count). The van der Waals surface area contributed by atoms with Crippen LogP contribution in [-0.4, -0.2) is 59.6 Å². The molecular weight excluding hydrogens is 356 g/mol. The molecule has 1 amide bonds. The summed E-state index contributed by atoms with van der Waals surface area (Å²) in [4.78, 5) is 34.7. The van der Waals surface area contributed by atoms with Gasteiger partial charge in [0, 0.05) is 38.8 Å². The second-order valence-corrected chi connectivity index (χ2v) is 7.46. The number of hydrogen-bond acceptors (Lipinski definition) is 5. The Kier molecular flexibility index (Phi) is 3.78. The molecule has 2 aliphatic rings. The van der Waals surface area contributed by atoms with Crippen LogP contribution >= 0.6 is 0 Å². The lowest BCUT2D eigenvalue weighted by molar-refractivity contribution is -0.120. The first-order chi connectivity index (χ1) is 12.6. The Labute approximate surface area is 154 Å². The summed E-state index contributed by atoms with van der Waals surface area (Å²) in [6.45, 7) is 4.12. The van der Waals surface area contributed by atoms with Gasteiger partial charge in [0.25, 0.3) is 5.91 Å². The number of carbonyl (C=O) groups is 1. The van der Waals surface area contributed by atoms with Gasteiger partial charge < -0.3 is 9.80 Å². The van der Waals surface area contributed by atoms with Crippen LogP contribution in [0.5, 0.6) is 0 Å². The Morgan fingerprint density at radius 1 is 1.07 bits per heavy atom. The number of hydrogen-bond donors (Lipinski definition) is 0. The molecule has 1 fully saturated rings. The zero-order chi connectivity index (χ0) is 19.8. The average Bonchev–Trinajstić information content (AvgIpc) is 2.70. The standard InChI is InChI=1S/C18H21F2N5O2/c1-8-6-25-10(7-22(8)3)17(26)23(4)14-11-15(13(20)9(2)12(14)19)24(5)18(27)21-16(11)25/h8,10H,6-7H2,1-5H3. The van der Waals surface area contributed by atoms with E-state index in [2.05, 4.69) is 4.98 Å². The smallest absolute Gasteiger partial charge is 0.341 e. The van der Waals surface area contributed by atoms with Crippen LogP contribution in [0.4, 0.5) is 20.3 Å². The van der Waals surface area contributed by atoms with Gasteiger partial charge in [-0.05, 0) is 20.9 Å². The average molecular weight is 377 g/mol. The van der Waals surface area contributed by atoms with Crippen molar-refractivity contribution in [3.8, 4) is 0 Å². The van der Waals surface area contributed by atoms with E-state index in [1.54, 1.807) is 4.90 Å². The number of amides is 1. The normalized spacial score (nSPS) is 23.0. The first kappa shape index (κ1) is 17.8.